The van der Waals surface area contributed by atoms with Gasteiger partial charge in [0.25, 0.3) is 0 Å². The predicted octanol–water partition coefficient (Wildman–Crippen LogP) is 0.728. The number of piperidine rings is 1. The number of amides is 1. The number of hydrogen-bond donors (Lipinski definition) is 3. The summed E-state index contributed by atoms with van der Waals surface area (Å²) in [7, 11) is 1.81. The Bertz CT molecular complexity index is 461. The fourth-order valence-electron chi connectivity index (χ4n) is 3.52. The SMILES string of the molecule is CCCNC(=O)CN1CCC(NC(=NC)NCCCOC2CCOCC2)CC1. The molecular weight excluding hydrogens is 358 g/mol. The number of guanidine groups is 1. The van der Waals surface area contributed by atoms with Crippen LogP contribution in [0.5, 0.6) is 0 Å². The number of hydrogen-bond acceptors (Lipinski definition) is 5. The van der Waals surface area contributed by atoms with Gasteiger partial charge in [-0.05, 0) is 38.5 Å². The van der Waals surface area contributed by atoms with Crippen LogP contribution in [0.1, 0.15) is 45.4 Å². The zero-order chi connectivity index (χ0) is 20.0. The molecule has 2 aliphatic rings. The topological polar surface area (TPSA) is 87.2 Å². The summed E-state index contributed by atoms with van der Waals surface area (Å²) in [6.45, 7) is 8.47. The lowest BCUT2D eigenvalue weighted by molar-refractivity contribution is -0.122. The average molecular weight is 398 g/mol. The second-order valence-corrected chi connectivity index (χ2v) is 7.58. The molecule has 0 unspecified atom stereocenters. The Morgan fingerprint density at radius 3 is 2.57 bits per heavy atom. The highest BCUT2D eigenvalue weighted by Gasteiger charge is 2.21. The molecular formula is C20H39N5O3. The van der Waals surface area contributed by atoms with Crippen molar-refractivity contribution in [1.29, 1.82) is 0 Å². The van der Waals surface area contributed by atoms with Gasteiger partial charge in [-0.3, -0.25) is 14.7 Å². The minimum absolute atomic E-state index is 0.133. The monoisotopic (exact) mass is 397 g/mol. The first-order valence-corrected chi connectivity index (χ1v) is 10.9. The van der Waals surface area contributed by atoms with Crippen LogP contribution in [0.15, 0.2) is 4.99 Å². The molecule has 3 N–H and O–H groups in total. The number of aliphatic imine (C=N–C) groups is 1. The second-order valence-electron chi connectivity index (χ2n) is 7.58. The molecule has 0 aromatic carbocycles. The van der Waals surface area contributed by atoms with Crippen LogP contribution >= 0.6 is 0 Å². The Kier molecular flexibility index (Phi) is 11.2. The minimum Gasteiger partial charge on any atom is -0.381 e. The van der Waals surface area contributed by atoms with E-state index in [0.29, 0.717) is 18.7 Å². The molecule has 2 heterocycles. The average Bonchev–Trinajstić information content (AvgIpc) is 2.73. The highest BCUT2D eigenvalue weighted by molar-refractivity contribution is 5.80. The number of nitrogens with zero attached hydrogens (tertiary/aromatic N) is 2. The summed E-state index contributed by atoms with van der Waals surface area (Å²) in [5.41, 5.74) is 0. The van der Waals surface area contributed by atoms with Crippen LogP contribution in [0, 0.1) is 0 Å². The number of likely N-dealkylation sites (tertiary alicyclic amines) is 1. The molecule has 0 radical (unpaired) electrons. The standard InChI is InChI=1S/C20H39N5O3/c1-3-9-22-19(26)16-25-11-5-17(6-12-25)24-20(21-2)23-10-4-13-28-18-7-14-27-15-8-18/h17-18H,3-16H2,1-2H3,(H,22,26)(H2,21,23,24). The third-order valence-corrected chi connectivity index (χ3v) is 5.23. The van der Waals surface area contributed by atoms with E-state index < -0.39 is 0 Å². The first-order valence-electron chi connectivity index (χ1n) is 10.9. The molecule has 0 atom stereocenters. The number of rotatable bonds is 10. The lowest BCUT2D eigenvalue weighted by Crippen LogP contribution is -2.50. The Balaban J connectivity index is 1.53. The summed E-state index contributed by atoms with van der Waals surface area (Å²) in [6, 6.07) is 0.402. The molecule has 162 valence electrons. The van der Waals surface area contributed by atoms with Crippen LogP contribution in [-0.4, -0.2) is 88.5 Å². The molecule has 0 bridgehead atoms. The van der Waals surface area contributed by atoms with Crippen molar-refractivity contribution in [3.05, 3.63) is 0 Å². The zero-order valence-corrected chi connectivity index (χ0v) is 17.7. The molecule has 8 nitrogen and oxygen atoms in total. The lowest BCUT2D eigenvalue weighted by atomic mass is 10.1. The highest BCUT2D eigenvalue weighted by Crippen LogP contribution is 2.11. The summed E-state index contributed by atoms with van der Waals surface area (Å²) in [5, 5.41) is 9.83. The largest absolute Gasteiger partial charge is 0.381 e. The van der Waals surface area contributed by atoms with E-state index >= 15 is 0 Å². The van der Waals surface area contributed by atoms with E-state index in [4.69, 9.17) is 9.47 Å². The molecule has 0 saturated carbocycles. The van der Waals surface area contributed by atoms with Crippen LogP contribution in [0.25, 0.3) is 0 Å². The van der Waals surface area contributed by atoms with Crippen molar-refractivity contribution in [2.24, 2.45) is 4.99 Å². The fourth-order valence-corrected chi connectivity index (χ4v) is 3.52. The van der Waals surface area contributed by atoms with Crippen LogP contribution in [0.2, 0.25) is 0 Å². The highest BCUT2D eigenvalue weighted by atomic mass is 16.5. The third-order valence-electron chi connectivity index (χ3n) is 5.23. The quantitative estimate of drug-likeness (QED) is 0.286. The molecule has 1 amide bonds. The van der Waals surface area contributed by atoms with Crippen molar-refractivity contribution in [3.8, 4) is 0 Å². The van der Waals surface area contributed by atoms with E-state index in [1.54, 1.807) is 7.05 Å². The number of carbonyl (C=O) groups excluding carboxylic acids is 1. The van der Waals surface area contributed by atoms with Gasteiger partial charge in [-0.1, -0.05) is 6.92 Å². The predicted molar refractivity (Wildman–Crippen MR) is 112 cm³/mol. The molecule has 8 heteroatoms. The molecule has 0 spiro atoms. The summed E-state index contributed by atoms with van der Waals surface area (Å²) in [5.74, 6) is 0.985. The molecule has 0 aromatic heterocycles. The maximum atomic E-state index is 11.8. The minimum atomic E-state index is 0.133. The van der Waals surface area contributed by atoms with Gasteiger partial charge in [-0.2, -0.15) is 0 Å². The smallest absolute Gasteiger partial charge is 0.234 e. The first kappa shape index (κ1) is 22.9. The normalized spacial score (nSPS) is 20.1. The van der Waals surface area contributed by atoms with Gasteiger partial charge < -0.3 is 25.4 Å². The molecule has 28 heavy (non-hydrogen) atoms. The van der Waals surface area contributed by atoms with Crippen molar-refractivity contribution in [1.82, 2.24) is 20.9 Å². The van der Waals surface area contributed by atoms with E-state index in [1.165, 1.54) is 0 Å². The molecule has 2 fully saturated rings. The maximum Gasteiger partial charge on any atom is 0.234 e. The number of ether oxygens (including phenoxy) is 2. The zero-order valence-electron chi connectivity index (χ0n) is 17.7. The Labute approximate surface area is 169 Å². The van der Waals surface area contributed by atoms with Crippen LogP contribution in [0.4, 0.5) is 0 Å². The van der Waals surface area contributed by atoms with Crippen LogP contribution in [-0.2, 0) is 14.3 Å². The van der Waals surface area contributed by atoms with Crippen molar-refractivity contribution in [2.45, 2.75) is 57.6 Å². The van der Waals surface area contributed by atoms with Crippen LogP contribution < -0.4 is 16.0 Å². The molecule has 2 rings (SSSR count). The molecule has 2 saturated heterocycles. The van der Waals surface area contributed by atoms with Gasteiger partial charge in [0.15, 0.2) is 5.96 Å². The van der Waals surface area contributed by atoms with E-state index in [-0.39, 0.29) is 5.91 Å². The van der Waals surface area contributed by atoms with E-state index in [9.17, 15) is 4.79 Å². The van der Waals surface area contributed by atoms with Crippen LogP contribution in [0.3, 0.4) is 0 Å². The van der Waals surface area contributed by atoms with E-state index in [1.807, 2.05) is 0 Å². The Morgan fingerprint density at radius 2 is 1.89 bits per heavy atom. The van der Waals surface area contributed by atoms with Crippen molar-refractivity contribution < 1.29 is 14.3 Å². The van der Waals surface area contributed by atoms with Gasteiger partial charge in [0.05, 0.1) is 12.6 Å². The van der Waals surface area contributed by atoms with Gasteiger partial charge in [-0.15, -0.1) is 0 Å². The first-order chi connectivity index (χ1) is 13.7. The van der Waals surface area contributed by atoms with Gasteiger partial charge in [-0.25, -0.2) is 0 Å². The van der Waals surface area contributed by atoms with Crippen molar-refractivity contribution in [2.75, 3.05) is 59.6 Å². The maximum absolute atomic E-state index is 11.8. The Hall–Kier alpha value is -1.38. The number of carbonyl (C=O) groups is 1. The fraction of sp³-hybridized carbons (Fsp3) is 0.900. The molecule has 0 aromatic rings. The van der Waals surface area contributed by atoms with Crippen molar-refractivity contribution >= 4 is 11.9 Å². The summed E-state index contributed by atoms with van der Waals surface area (Å²) >= 11 is 0. The summed E-state index contributed by atoms with van der Waals surface area (Å²) in [6.07, 6.45) is 6.36. The van der Waals surface area contributed by atoms with E-state index in [0.717, 1.165) is 90.5 Å². The lowest BCUT2D eigenvalue weighted by Gasteiger charge is -2.32. The van der Waals surface area contributed by atoms with Gasteiger partial charge in [0.1, 0.15) is 0 Å². The molecule has 0 aliphatic carbocycles. The van der Waals surface area contributed by atoms with E-state index in [2.05, 4.69) is 32.8 Å². The second kappa shape index (κ2) is 13.7. The Morgan fingerprint density at radius 1 is 1.14 bits per heavy atom. The molecule has 2 aliphatic heterocycles. The van der Waals surface area contributed by atoms with Gasteiger partial charge in [0, 0.05) is 59.1 Å². The van der Waals surface area contributed by atoms with Gasteiger partial charge >= 0.3 is 0 Å². The van der Waals surface area contributed by atoms with Crippen molar-refractivity contribution in [3.63, 3.8) is 0 Å². The van der Waals surface area contributed by atoms with Gasteiger partial charge in [0.2, 0.25) is 5.91 Å². The summed E-state index contributed by atoms with van der Waals surface area (Å²) < 4.78 is 11.2. The number of nitrogens with one attached hydrogen (secondary N) is 3. The summed E-state index contributed by atoms with van der Waals surface area (Å²) in [4.78, 5) is 18.4. The third kappa shape index (κ3) is 9.21.